The normalized spacial score (nSPS) is 28.5. The first kappa shape index (κ1) is 22.3. The highest BCUT2D eigenvalue weighted by Gasteiger charge is 2.51. The monoisotopic (exact) mass is 446 g/mol. The van der Waals surface area contributed by atoms with Gasteiger partial charge in [0.15, 0.2) is 0 Å². The molecule has 4 atom stereocenters. The summed E-state index contributed by atoms with van der Waals surface area (Å²) in [6, 6.07) is 9.28. The van der Waals surface area contributed by atoms with Crippen LogP contribution >= 0.6 is 0 Å². The Balaban J connectivity index is 1.51. The first-order valence-electron chi connectivity index (χ1n) is 11.1. The zero-order valence-corrected chi connectivity index (χ0v) is 17.9. The quantitative estimate of drug-likeness (QED) is 0.463. The first-order valence-corrected chi connectivity index (χ1v) is 11.1. The van der Waals surface area contributed by atoms with Gasteiger partial charge < -0.3 is 24.5 Å². The van der Waals surface area contributed by atoms with Crippen molar-refractivity contribution in [2.45, 2.75) is 18.9 Å². The third-order valence-corrected chi connectivity index (χ3v) is 6.98. The summed E-state index contributed by atoms with van der Waals surface area (Å²) in [7, 11) is 0. The molecular formula is C22H30N4O6. The molecule has 3 aliphatic heterocycles. The van der Waals surface area contributed by atoms with E-state index < -0.39 is 29.9 Å². The number of carboxylic acid groups (broad SMARTS) is 1. The SMILES string of the molecule is O=C(NO)[C@H]1C([C@@H]2CCOC2)N(C(=O)O)CC[C@@H]1C(=O)N1CCN(c2ccccc2)CC1. The average Bonchev–Trinajstić information content (AvgIpc) is 3.37. The van der Waals surface area contributed by atoms with E-state index in [-0.39, 0.29) is 24.8 Å². The van der Waals surface area contributed by atoms with Crippen molar-refractivity contribution >= 4 is 23.6 Å². The summed E-state index contributed by atoms with van der Waals surface area (Å²) in [6.07, 6.45) is -0.271. The summed E-state index contributed by atoms with van der Waals surface area (Å²) < 4.78 is 5.45. The molecular weight excluding hydrogens is 416 g/mol. The van der Waals surface area contributed by atoms with Crippen molar-refractivity contribution in [3.63, 3.8) is 0 Å². The Morgan fingerprint density at radius 2 is 1.72 bits per heavy atom. The van der Waals surface area contributed by atoms with Crippen molar-refractivity contribution in [3.05, 3.63) is 30.3 Å². The molecule has 3 heterocycles. The van der Waals surface area contributed by atoms with Crippen molar-refractivity contribution in [1.29, 1.82) is 0 Å². The number of carbonyl (C=O) groups excluding carboxylic acids is 2. The molecule has 0 aliphatic carbocycles. The molecule has 3 N–H and O–H groups in total. The molecule has 174 valence electrons. The van der Waals surface area contributed by atoms with E-state index in [0.717, 1.165) is 5.69 Å². The van der Waals surface area contributed by atoms with E-state index in [1.54, 1.807) is 10.4 Å². The summed E-state index contributed by atoms with van der Waals surface area (Å²) >= 11 is 0. The number of benzene rings is 1. The third-order valence-electron chi connectivity index (χ3n) is 6.98. The number of hydrogen-bond acceptors (Lipinski definition) is 6. The number of piperazine rings is 1. The predicted molar refractivity (Wildman–Crippen MR) is 114 cm³/mol. The number of piperidine rings is 1. The van der Waals surface area contributed by atoms with E-state index in [0.29, 0.717) is 45.8 Å². The number of carbonyl (C=O) groups is 3. The Morgan fingerprint density at radius 1 is 1.00 bits per heavy atom. The lowest BCUT2D eigenvalue weighted by atomic mass is 9.73. The highest BCUT2D eigenvalue weighted by Crippen LogP contribution is 2.38. The molecule has 1 aromatic rings. The van der Waals surface area contributed by atoms with E-state index in [9.17, 15) is 24.7 Å². The molecule has 1 aromatic carbocycles. The molecule has 3 amide bonds. The van der Waals surface area contributed by atoms with Crippen LogP contribution in [0.25, 0.3) is 0 Å². The number of hydroxylamine groups is 1. The van der Waals surface area contributed by atoms with Gasteiger partial charge in [-0.3, -0.25) is 14.8 Å². The van der Waals surface area contributed by atoms with Crippen LogP contribution in [0.1, 0.15) is 12.8 Å². The van der Waals surface area contributed by atoms with Crippen LogP contribution in [0.15, 0.2) is 30.3 Å². The van der Waals surface area contributed by atoms with Crippen LogP contribution in [-0.2, 0) is 14.3 Å². The summed E-state index contributed by atoms with van der Waals surface area (Å²) in [4.78, 5) is 43.4. The molecule has 10 nitrogen and oxygen atoms in total. The van der Waals surface area contributed by atoms with Gasteiger partial charge in [0.1, 0.15) is 0 Å². The van der Waals surface area contributed by atoms with Crippen LogP contribution < -0.4 is 10.4 Å². The minimum atomic E-state index is -1.12. The second kappa shape index (κ2) is 9.74. The topological polar surface area (TPSA) is 123 Å². The van der Waals surface area contributed by atoms with Crippen molar-refractivity contribution < 1.29 is 29.4 Å². The Morgan fingerprint density at radius 3 is 2.31 bits per heavy atom. The number of amides is 3. The smallest absolute Gasteiger partial charge is 0.407 e. The van der Waals surface area contributed by atoms with Gasteiger partial charge >= 0.3 is 6.09 Å². The largest absolute Gasteiger partial charge is 0.465 e. The van der Waals surface area contributed by atoms with Crippen LogP contribution in [0.5, 0.6) is 0 Å². The van der Waals surface area contributed by atoms with Crippen LogP contribution in [0.4, 0.5) is 10.5 Å². The number of para-hydroxylation sites is 1. The highest BCUT2D eigenvalue weighted by molar-refractivity contribution is 5.89. The minimum absolute atomic E-state index is 0.153. The number of likely N-dealkylation sites (tertiary alicyclic amines) is 1. The van der Waals surface area contributed by atoms with Gasteiger partial charge in [-0.25, -0.2) is 10.3 Å². The van der Waals surface area contributed by atoms with Crippen molar-refractivity contribution in [2.75, 3.05) is 50.8 Å². The predicted octanol–water partition coefficient (Wildman–Crippen LogP) is 0.862. The number of anilines is 1. The fourth-order valence-electron chi connectivity index (χ4n) is 5.38. The lowest BCUT2D eigenvalue weighted by Crippen LogP contribution is -2.62. The zero-order chi connectivity index (χ0) is 22.7. The van der Waals surface area contributed by atoms with E-state index in [2.05, 4.69) is 4.90 Å². The van der Waals surface area contributed by atoms with Gasteiger partial charge in [-0.05, 0) is 25.0 Å². The molecule has 0 aromatic heterocycles. The molecule has 3 saturated heterocycles. The van der Waals surface area contributed by atoms with Gasteiger partial charge in [-0.1, -0.05) is 18.2 Å². The van der Waals surface area contributed by atoms with Gasteiger partial charge in [-0.15, -0.1) is 0 Å². The second-order valence-electron chi connectivity index (χ2n) is 8.64. The molecule has 0 spiro atoms. The van der Waals surface area contributed by atoms with Gasteiger partial charge in [0.2, 0.25) is 11.8 Å². The maximum atomic E-state index is 13.5. The van der Waals surface area contributed by atoms with Crippen molar-refractivity contribution in [3.8, 4) is 0 Å². The molecule has 32 heavy (non-hydrogen) atoms. The fourth-order valence-corrected chi connectivity index (χ4v) is 5.38. The molecule has 3 fully saturated rings. The van der Waals surface area contributed by atoms with Gasteiger partial charge in [0.05, 0.1) is 24.5 Å². The average molecular weight is 447 g/mol. The molecule has 0 saturated carbocycles. The minimum Gasteiger partial charge on any atom is -0.465 e. The van der Waals surface area contributed by atoms with Gasteiger partial charge in [0.25, 0.3) is 0 Å². The number of rotatable bonds is 4. The summed E-state index contributed by atoms with van der Waals surface area (Å²) in [5.41, 5.74) is 2.79. The molecule has 1 unspecified atom stereocenters. The van der Waals surface area contributed by atoms with Crippen LogP contribution in [0.2, 0.25) is 0 Å². The standard InChI is InChI=1S/C22H30N4O6/c27-20(23-31)18-17(6-8-26(22(29)30)19(18)15-7-13-32-14-15)21(28)25-11-9-24(10-12-25)16-4-2-1-3-5-16/h1-5,15,17-19,31H,6-14H2,(H,23,27)(H,29,30)/t15-,17+,18-,19?/m1/s1. The maximum Gasteiger partial charge on any atom is 0.407 e. The summed E-state index contributed by atoms with van der Waals surface area (Å²) in [5, 5.41) is 19.2. The van der Waals surface area contributed by atoms with Crippen molar-refractivity contribution in [1.82, 2.24) is 15.3 Å². The van der Waals surface area contributed by atoms with E-state index in [1.807, 2.05) is 30.3 Å². The summed E-state index contributed by atoms with van der Waals surface area (Å²) in [6.45, 7) is 3.41. The molecule has 10 heteroatoms. The number of nitrogens with zero attached hydrogens (tertiary/aromatic N) is 3. The highest BCUT2D eigenvalue weighted by atomic mass is 16.5. The van der Waals surface area contributed by atoms with Crippen LogP contribution in [0, 0.1) is 17.8 Å². The van der Waals surface area contributed by atoms with Gasteiger partial charge in [-0.2, -0.15) is 0 Å². The number of ether oxygens (including phenoxy) is 1. The number of nitrogens with one attached hydrogen (secondary N) is 1. The van der Waals surface area contributed by atoms with E-state index in [4.69, 9.17) is 4.74 Å². The zero-order valence-electron chi connectivity index (χ0n) is 17.9. The van der Waals surface area contributed by atoms with Gasteiger partial charge in [0, 0.05) is 50.9 Å². The molecule has 3 aliphatic rings. The molecule has 4 rings (SSSR count). The maximum absolute atomic E-state index is 13.5. The Kier molecular flexibility index (Phi) is 6.80. The van der Waals surface area contributed by atoms with Crippen LogP contribution in [-0.4, -0.2) is 90.0 Å². The molecule has 0 radical (unpaired) electrons. The van der Waals surface area contributed by atoms with Crippen LogP contribution in [0.3, 0.4) is 0 Å². The Bertz CT molecular complexity index is 823. The third kappa shape index (κ3) is 4.37. The first-order chi connectivity index (χ1) is 15.5. The van der Waals surface area contributed by atoms with E-state index >= 15 is 0 Å². The second-order valence-corrected chi connectivity index (χ2v) is 8.64. The summed E-state index contributed by atoms with van der Waals surface area (Å²) in [5.74, 6) is -2.71. The Hall–Kier alpha value is -2.85. The van der Waals surface area contributed by atoms with E-state index in [1.165, 1.54) is 4.90 Å². The lowest BCUT2D eigenvalue weighted by molar-refractivity contribution is -0.152. The Labute approximate surface area is 186 Å². The molecule has 0 bridgehead atoms. The lowest BCUT2D eigenvalue weighted by Gasteiger charge is -2.46. The van der Waals surface area contributed by atoms with Crippen molar-refractivity contribution in [2.24, 2.45) is 17.8 Å². The number of hydrogen-bond donors (Lipinski definition) is 3. The fraction of sp³-hybridized carbons (Fsp3) is 0.591.